The Hall–Kier alpha value is -0.200. The molecule has 2 atom stereocenters. The van der Waals surface area contributed by atoms with Crippen LogP contribution in [-0.4, -0.2) is 81.3 Å². The van der Waals surface area contributed by atoms with E-state index in [9.17, 15) is 5.11 Å². The Balaban J connectivity index is 2.48. The summed E-state index contributed by atoms with van der Waals surface area (Å²) in [6, 6.07) is 0.387. The monoisotopic (exact) mass is 232 g/mol. The zero-order valence-electron chi connectivity index (χ0n) is 10.7. The topological polar surface area (TPSA) is 45.2 Å². The third-order valence-corrected chi connectivity index (χ3v) is 2.99. The predicted molar refractivity (Wildman–Crippen MR) is 62.3 cm³/mol. The number of hydrogen-bond donors (Lipinski definition) is 1. The molecule has 1 rings (SSSR count). The fourth-order valence-electron chi connectivity index (χ4n) is 2.23. The summed E-state index contributed by atoms with van der Waals surface area (Å²) >= 11 is 0. The molecule has 1 heterocycles. The fourth-order valence-corrected chi connectivity index (χ4v) is 2.23. The molecule has 2 unspecified atom stereocenters. The van der Waals surface area contributed by atoms with Crippen molar-refractivity contribution in [3.63, 3.8) is 0 Å². The summed E-state index contributed by atoms with van der Waals surface area (Å²) < 4.78 is 10.4. The van der Waals surface area contributed by atoms with E-state index in [2.05, 4.69) is 9.80 Å². The molecule has 5 heteroatoms. The van der Waals surface area contributed by atoms with Gasteiger partial charge in [0, 0.05) is 39.9 Å². The van der Waals surface area contributed by atoms with Crippen LogP contribution in [0.5, 0.6) is 0 Å². The lowest BCUT2D eigenvalue weighted by atomic mass is 10.2. The van der Waals surface area contributed by atoms with E-state index < -0.39 is 0 Å². The van der Waals surface area contributed by atoms with E-state index in [1.807, 2.05) is 14.1 Å². The molecule has 0 spiro atoms. The number of likely N-dealkylation sites (N-methyl/N-ethyl adjacent to an activating group) is 1. The lowest BCUT2D eigenvalue weighted by Crippen LogP contribution is -2.42. The maximum absolute atomic E-state index is 9.70. The maximum atomic E-state index is 9.70. The molecule has 96 valence electrons. The van der Waals surface area contributed by atoms with Crippen molar-refractivity contribution in [1.29, 1.82) is 0 Å². The maximum Gasteiger partial charge on any atom is 0.169 e. The summed E-state index contributed by atoms with van der Waals surface area (Å²) in [5, 5.41) is 9.70. The number of methoxy groups -OCH3 is 2. The van der Waals surface area contributed by atoms with Crippen molar-refractivity contribution in [1.82, 2.24) is 9.80 Å². The standard InChI is InChI=1S/C11H24N2O3/c1-12(2)6-9-5-10(14)7-13(9)8-11(15-3)16-4/h9-11,14H,5-8H2,1-4H3. The van der Waals surface area contributed by atoms with E-state index in [-0.39, 0.29) is 12.4 Å². The molecule has 0 amide bonds. The zero-order chi connectivity index (χ0) is 12.1. The van der Waals surface area contributed by atoms with Gasteiger partial charge < -0.3 is 19.5 Å². The minimum atomic E-state index is -0.223. The average molecular weight is 232 g/mol. The van der Waals surface area contributed by atoms with E-state index in [0.29, 0.717) is 19.1 Å². The molecule has 1 N–H and O–H groups in total. The number of likely N-dealkylation sites (tertiary alicyclic amines) is 1. The van der Waals surface area contributed by atoms with Crippen LogP contribution < -0.4 is 0 Å². The van der Waals surface area contributed by atoms with Crippen LogP contribution in [0, 0.1) is 0 Å². The van der Waals surface area contributed by atoms with Gasteiger partial charge >= 0.3 is 0 Å². The number of rotatable bonds is 6. The molecule has 0 aromatic rings. The van der Waals surface area contributed by atoms with Gasteiger partial charge in [-0.15, -0.1) is 0 Å². The molecule has 1 aliphatic rings. The highest BCUT2D eigenvalue weighted by atomic mass is 16.7. The fraction of sp³-hybridized carbons (Fsp3) is 1.00. The third-order valence-electron chi connectivity index (χ3n) is 2.99. The number of aliphatic hydroxyl groups is 1. The van der Waals surface area contributed by atoms with Crippen molar-refractivity contribution in [2.24, 2.45) is 0 Å². The van der Waals surface area contributed by atoms with Crippen molar-refractivity contribution < 1.29 is 14.6 Å². The van der Waals surface area contributed by atoms with E-state index in [0.717, 1.165) is 13.0 Å². The average Bonchev–Trinajstić information content (AvgIpc) is 2.54. The zero-order valence-corrected chi connectivity index (χ0v) is 10.7. The van der Waals surface area contributed by atoms with Gasteiger partial charge in [-0.25, -0.2) is 0 Å². The summed E-state index contributed by atoms with van der Waals surface area (Å²) in [4.78, 5) is 4.38. The van der Waals surface area contributed by atoms with Crippen LogP contribution in [0.4, 0.5) is 0 Å². The van der Waals surface area contributed by atoms with E-state index in [1.165, 1.54) is 0 Å². The van der Waals surface area contributed by atoms with Gasteiger partial charge in [-0.2, -0.15) is 0 Å². The molecule has 1 saturated heterocycles. The molecule has 0 aromatic heterocycles. The Kier molecular flexibility index (Phi) is 5.64. The van der Waals surface area contributed by atoms with Gasteiger partial charge in [0.25, 0.3) is 0 Å². The molecule has 0 aromatic carbocycles. The third kappa shape index (κ3) is 3.99. The van der Waals surface area contributed by atoms with Gasteiger partial charge in [-0.05, 0) is 20.5 Å². The lowest BCUT2D eigenvalue weighted by molar-refractivity contribution is -0.118. The van der Waals surface area contributed by atoms with E-state index in [4.69, 9.17) is 9.47 Å². The van der Waals surface area contributed by atoms with Crippen molar-refractivity contribution >= 4 is 0 Å². The van der Waals surface area contributed by atoms with Crippen LogP contribution in [0.3, 0.4) is 0 Å². The second kappa shape index (κ2) is 6.51. The Morgan fingerprint density at radius 1 is 1.38 bits per heavy atom. The summed E-state index contributed by atoms with van der Waals surface area (Å²) in [5.41, 5.74) is 0. The smallest absolute Gasteiger partial charge is 0.169 e. The Labute approximate surface area is 97.9 Å². The second-order valence-corrected chi connectivity index (χ2v) is 4.66. The Bertz CT molecular complexity index is 198. The summed E-state index contributed by atoms with van der Waals surface area (Å²) in [6.07, 6.45) is 0.396. The first-order valence-corrected chi connectivity index (χ1v) is 5.69. The van der Waals surface area contributed by atoms with Crippen molar-refractivity contribution in [3.05, 3.63) is 0 Å². The minimum absolute atomic E-state index is 0.213. The number of aliphatic hydroxyl groups excluding tert-OH is 1. The molecule has 0 saturated carbocycles. The Morgan fingerprint density at radius 3 is 2.50 bits per heavy atom. The van der Waals surface area contributed by atoms with Gasteiger partial charge in [0.1, 0.15) is 0 Å². The molecular formula is C11H24N2O3. The highest BCUT2D eigenvalue weighted by Gasteiger charge is 2.32. The summed E-state index contributed by atoms with van der Waals surface area (Å²) in [6.45, 7) is 2.38. The van der Waals surface area contributed by atoms with Crippen LogP contribution in [0.25, 0.3) is 0 Å². The highest BCUT2D eigenvalue weighted by Crippen LogP contribution is 2.19. The molecule has 0 bridgehead atoms. The first-order chi connectivity index (χ1) is 7.56. The molecule has 0 aliphatic carbocycles. The van der Waals surface area contributed by atoms with E-state index in [1.54, 1.807) is 14.2 Å². The second-order valence-electron chi connectivity index (χ2n) is 4.66. The first-order valence-electron chi connectivity index (χ1n) is 5.69. The van der Waals surface area contributed by atoms with Crippen molar-refractivity contribution in [3.8, 4) is 0 Å². The quantitative estimate of drug-likeness (QED) is 0.632. The van der Waals surface area contributed by atoms with Crippen LogP contribution in [0.15, 0.2) is 0 Å². The number of hydrogen-bond acceptors (Lipinski definition) is 5. The van der Waals surface area contributed by atoms with Crippen LogP contribution in [0.1, 0.15) is 6.42 Å². The van der Waals surface area contributed by atoms with Gasteiger partial charge in [0.2, 0.25) is 0 Å². The van der Waals surface area contributed by atoms with Gasteiger partial charge in [0.05, 0.1) is 6.10 Å². The number of β-amino-alcohol motifs (C(OH)–C–C–N with tert-alkyl or cyclic N) is 1. The van der Waals surface area contributed by atoms with Crippen molar-refractivity contribution in [2.45, 2.75) is 24.9 Å². The van der Waals surface area contributed by atoms with Gasteiger partial charge in [0.15, 0.2) is 6.29 Å². The summed E-state index contributed by atoms with van der Waals surface area (Å²) in [7, 11) is 7.38. The molecule has 1 aliphatic heterocycles. The van der Waals surface area contributed by atoms with Crippen molar-refractivity contribution in [2.75, 3.05) is 47.9 Å². The number of ether oxygens (including phenoxy) is 2. The first kappa shape index (κ1) is 13.9. The van der Waals surface area contributed by atoms with Crippen LogP contribution in [0.2, 0.25) is 0 Å². The molecule has 5 nitrogen and oxygen atoms in total. The molecule has 16 heavy (non-hydrogen) atoms. The minimum Gasteiger partial charge on any atom is -0.392 e. The normalized spacial score (nSPS) is 27.2. The SMILES string of the molecule is COC(CN1CC(O)CC1CN(C)C)OC. The van der Waals surface area contributed by atoms with Crippen LogP contribution >= 0.6 is 0 Å². The van der Waals surface area contributed by atoms with E-state index >= 15 is 0 Å². The Morgan fingerprint density at radius 2 is 2.00 bits per heavy atom. The lowest BCUT2D eigenvalue weighted by Gasteiger charge is -2.29. The summed E-state index contributed by atoms with van der Waals surface area (Å²) in [5.74, 6) is 0. The van der Waals surface area contributed by atoms with Gasteiger partial charge in [-0.1, -0.05) is 0 Å². The van der Waals surface area contributed by atoms with Gasteiger partial charge in [-0.3, -0.25) is 4.90 Å². The molecule has 1 fully saturated rings. The highest BCUT2D eigenvalue weighted by molar-refractivity contribution is 4.86. The number of nitrogens with zero attached hydrogens (tertiary/aromatic N) is 2. The van der Waals surface area contributed by atoms with Crippen LogP contribution in [-0.2, 0) is 9.47 Å². The predicted octanol–water partition coefficient (Wildman–Crippen LogP) is -0.398. The largest absolute Gasteiger partial charge is 0.392 e. The molecular weight excluding hydrogens is 208 g/mol. The molecule has 0 radical (unpaired) electrons.